The zero-order valence-electron chi connectivity index (χ0n) is 27.3. The number of nitrogens with zero attached hydrogens (tertiary/aromatic N) is 3. The van der Waals surface area contributed by atoms with Gasteiger partial charge in [-0.25, -0.2) is 0 Å². The van der Waals surface area contributed by atoms with E-state index in [1.54, 1.807) is 10.9 Å². The van der Waals surface area contributed by atoms with Crippen molar-refractivity contribution in [1.29, 1.82) is 0 Å². The Morgan fingerprint density at radius 2 is 1.57 bits per heavy atom. The number of likely N-dealkylation sites (N-methyl/N-ethyl adjacent to an activating group) is 1. The molecule has 1 aromatic heterocycles. The number of aryl methyl sites for hydroxylation is 2. The smallest absolute Gasteiger partial charge is 0.243 e. The van der Waals surface area contributed by atoms with E-state index in [-0.39, 0.29) is 24.8 Å². The molecule has 10 heteroatoms. The fourth-order valence-electron chi connectivity index (χ4n) is 5.97. The second-order valence-corrected chi connectivity index (χ2v) is 11.9. The lowest BCUT2D eigenvalue weighted by atomic mass is 10.00. The monoisotopic (exact) mass is 636 g/mol. The average molecular weight is 637 g/mol. The highest BCUT2D eigenvalue weighted by Crippen LogP contribution is 2.25. The van der Waals surface area contributed by atoms with E-state index in [4.69, 9.17) is 4.74 Å². The number of fused-ring (bicyclic) bond motifs is 4. The van der Waals surface area contributed by atoms with Gasteiger partial charge in [-0.15, -0.1) is 0 Å². The van der Waals surface area contributed by atoms with E-state index in [1.165, 1.54) is 0 Å². The summed E-state index contributed by atoms with van der Waals surface area (Å²) in [6.45, 7) is 5.64. The topological polar surface area (TPSA) is 118 Å². The number of rotatable bonds is 9. The Balaban J connectivity index is 1.49. The van der Waals surface area contributed by atoms with Crippen LogP contribution in [0.15, 0.2) is 91.3 Å². The van der Waals surface area contributed by atoms with Crippen LogP contribution in [-0.4, -0.2) is 63.6 Å². The molecule has 246 valence electrons. The Bertz CT molecular complexity index is 1650. The van der Waals surface area contributed by atoms with Crippen molar-refractivity contribution in [2.75, 3.05) is 13.1 Å². The van der Waals surface area contributed by atoms with Crippen molar-refractivity contribution < 1.29 is 19.1 Å². The molecule has 1 aliphatic rings. The van der Waals surface area contributed by atoms with Gasteiger partial charge < -0.3 is 20.7 Å². The van der Waals surface area contributed by atoms with Gasteiger partial charge >= 0.3 is 0 Å². The van der Waals surface area contributed by atoms with E-state index in [0.717, 1.165) is 22.3 Å². The van der Waals surface area contributed by atoms with Gasteiger partial charge in [-0.2, -0.15) is 5.10 Å². The van der Waals surface area contributed by atoms with Crippen LogP contribution >= 0.6 is 0 Å². The molecule has 0 radical (unpaired) electrons. The molecule has 3 amide bonds. The number of carbonyl (C=O) groups excluding carboxylic acids is 3. The van der Waals surface area contributed by atoms with Crippen molar-refractivity contribution in [3.8, 4) is 11.5 Å². The molecule has 47 heavy (non-hydrogen) atoms. The molecule has 10 nitrogen and oxygen atoms in total. The molecule has 3 N–H and O–H groups in total. The van der Waals surface area contributed by atoms with Gasteiger partial charge in [0.15, 0.2) is 0 Å². The van der Waals surface area contributed by atoms with Crippen LogP contribution in [0, 0.1) is 0 Å². The summed E-state index contributed by atoms with van der Waals surface area (Å²) in [5.74, 6) is 0.298. The Morgan fingerprint density at radius 3 is 2.21 bits per heavy atom. The summed E-state index contributed by atoms with van der Waals surface area (Å²) in [4.78, 5) is 43.9. The lowest BCUT2D eigenvalue weighted by Crippen LogP contribution is -2.57. The molecule has 4 aromatic rings. The van der Waals surface area contributed by atoms with Crippen LogP contribution in [0.2, 0.25) is 0 Å². The quantitative estimate of drug-likeness (QED) is 0.256. The molecule has 0 spiro atoms. The van der Waals surface area contributed by atoms with Crippen LogP contribution in [0.4, 0.5) is 0 Å². The number of nitrogens with one attached hydrogen (secondary N) is 3. The van der Waals surface area contributed by atoms with Crippen LogP contribution in [-0.2, 0) is 47.2 Å². The first-order chi connectivity index (χ1) is 22.8. The molecule has 0 unspecified atom stereocenters. The molecular weight excluding hydrogens is 592 g/mol. The summed E-state index contributed by atoms with van der Waals surface area (Å²) >= 11 is 0. The molecule has 5 rings (SSSR count). The highest BCUT2D eigenvalue weighted by atomic mass is 16.5. The largest absolute Gasteiger partial charge is 0.457 e. The van der Waals surface area contributed by atoms with Gasteiger partial charge in [0.25, 0.3) is 0 Å². The SMILES string of the molecule is CCN(CC)[C@H]1Cc2cccc(c2)Oc2cccc(c2)C[C@@H](C(=O)NCc2cnn(C)c2)NC(=O)[C@H](CCc2ccccc2)NC1=O. The first-order valence-electron chi connectivity index (χ1n) is 16.3. The molecular formula is C37H44N6O4. The van der Waals surface area contributed by atoms with Crippen molar-refractivity contribution in [2.24, 2.45) is 7.05 Å². The van der Waals surface area contributed by atoms with Gasteiger partial charge in [-0.05, 0) is 73.3 Å². The molecule has 3 atom stereocenters. The molecule has 1 aliphatic heterocycles. The summed E-state index contributed by atoms with van der Waals surface area (Å²) in [5, 5.41) is 13.2. The molecule has 0 saturated carbocycles. The first kappa shape index (κ1) is 33.4. The second-order valence-electron chi connectivity index (χ2n) is 11.9. The number of benzene rings is 3. The Labute approximate surface area is 276 Å². The van der Waals surface area contributed by atoms with E-state index >= 15 is 0 Å². The minimum Gasteiger partial charge on any atom is -0.457 e. The molecule has 2 heterocycles. The molecule has 0 aliphatic carbocycles. The molecule has 3 aromatic carbocycles. The summed E-state index contributed by atoms with van der Waals surface area (Å²) in [5.41, 5.74) is 3.67. The van der Waals surface area contributed by atoms with Crippen LogP contribution in [0.3, 0.4) is 0 Å². The second kappa shape index (κ2) is 16.0. The Hall–Kier alpha value is -4.96. The van der Waals surface area contributed by atoms with Crippen molar-refractivity contribution >= 4 is 17.7 Å². The van der Waals surface area contributed by atoms with Gasteiger partial charge in [0.1, 0.15) is 23.6 Å². The number of carbonyl (C=O) groups is 3. The van der Waals surface area contributed by atoms with Crippen molar-refractivity contribution in [2.45, 2.75) is 64.2 Å². The third-order valence-electron chi connectivity index (χ3n) is 8.51. The highest BCUT2D eigenvalue weighted by Gasteiger charge is 2.31. The van der Waals surface area contributed by atoms with Crippen LogP contribution in [0.1, 0.15) is 42.5 Å². The van der Waals surface area contributed by atoms with Gasteiger partial charge in [-0.3, -0.25) is 24.0 Å². The lowest BCUT2D eigenvalue weighted by Gasteiger charge is -2.31. The van der Waals surface area contributed by atoms with E-state index in [1.807, 2.05) is 106 Å². The Morgan fingerprint density at radius 1 is 0.894 bits per heavy atom. The standard InChI is InChI=1S/C37H44N6O4/c1-4-43(5-2)34-22-28-14-10-16-31(20-28)47-30-15-9-13-27(19-30)21-33(35(44)38-23-29-24-39-42(3)25-29)41-36(45)32(40-37(34)46)18-17-26-11-7-6-8-12-26/h6-16,19-20,24-25,32-34H,4-5,17-18,21-23H2,1-3H3,(H,38,44)(H,40,46)(H,41,45)/t32-,33-,34-/m0/s1. The Kier molecular flexibility index (Phi) is 11.4. The summed E-state index contributed by atoms with van der Waals surface area (Å²) in [7, 11) is 1.81. The third-order valence-corrected chi connectivity index (χ3v) is 8.51. The van der Waals surface area contributed by atoms with Gasteiger partial charge in [0, 0.05) is 31.8 Å². The van der Waals surface area contributed by atoms with E-state index in [0.29, 0.717) is 43.9 Å². The summed E-state index contributed by atoms with van der Waals surface area (Å²) < 4.78 is 7.91. The van der Waals surface area contributed by atoms with Crippen LogP contribution < -0.4 is 20.7 Å². The lowest BCUT2D eigenvalue weighted by molar-refractivity contribution is -0.134. The number of hydrogen-bond donors (Lipinski definition) is 3. The molecule has 0 saturated heterocycles. The van der Waals surface area contributed by atoms with Crippen molar-refractivity contribution in [1.82, 2.24) is 30.6 Å². The summed E-state index contributed by atoms with van der Waals surface area (Å²) in [6.07, 6.45) is 5.13. The van der Waals surface area contributed by atoms with Crippen LogP contribution in [0.5, 0.6) is 11.5 Å². The maximum Gasteiger partial charge on any atom is 0.243 e. The summed E-state index contributed by atoms with van der Waals surface area (Å²) in [6, 6.07) is 22.9. The maximum atomic E-state index is 14.1. The predicted molar refractivity (Wildman–Crippen MR) is 181 cm³/mol. The van der Waals surface area contributed by atoms with Gasteiger partial charge in [0.2, 0.25) is 17.7 Å². The third kappa shape index (κ3) is 9.29. The maximum absolute atomic E-state index is 14.1. The fourth-order valence-corrected chi connectivity index (χ4v) is 5.97. The molecule has 4 bridgehead atoms. The minimum absolute atomic E-state index is 0.225. The highest BCUT2D eigenvalue weighted by molar-refractivity contribution is 5.93. The first-order valence-corrected chi connectivity index (χ1v) is 16.3. The predicted octanol–water partition coefficient (Wildman–Crippen LogP) is 3.94. The number of ether oxygens (including phenoxy) is 1. The van der Waals surface area contributed by atoms with E-state index in [2.05, 4.69) is 25.9 Å². The van der Waals surface area contributed by atoms with Crippen molar-refractivity contribution in [3.05, 3.63) is 114 Å². The minimum atomic E-state index is -0.902. The fraction of sp³-hybridized carbons (Fsp3) is 0.351. The average Bonchev–Trinajstić information content (AvgIpc) is 3.50. The molecule has 0 fully saturated rings. The van der Waals surface area contributed by atoms with Gasteiger partial charge in [0.05, 0.1) is 12.2 Å². The zero-order chi connectivity index (χ0) is 33.2. The van der Waals surface area contributed by atoms with E-state index < -0.39 is 24.0 Å². The van der Waals surface area contributed by atoms with Gasteiger partial charge in [-0.1, -0.05) is 68.4 Å². The normalized spacial score (nSPS) is 18.6. The van der Waals surface area contributed by atoms with Crippen molar-refractivity contribution in [3.63, 3.8) is 0 Å². The van der Waals surface area contributed by atoms with Crippen LogP contribution in [0.25, 0.3) is 0 Å². The number of hydrogen-bond acceptors (Lipinski definition) is 6. The number of aromatic nitrogens is 2. The van der Waals surface area contributed by atoms with E-state index in [9.17, 15) is 14.4 Å². The number of amides is 3. The zero-order valence-corrected chi connectivity index (χ0v) is 27.3.